The number of aryl methyl sites for hydroxylation is 1. The molecule has 5 nitrogen and oxygen atoms in total. The van der Waals surface area contributed by atoms with Crippen molar-refractivity contribution in [1.82, 2.24) is 15.1 Å². The molecule has 1 aliphatic heterocycles. The average Bonchev–Trinajstić information content (AvgIpc) is 3.38. The molecule has 4 rings (SSSR count). The summed E-state index contributed by atoms with van der Waals surface area (Å²) in [4.78, 5) is 14.8. The molecule has 0 spiro atoms. The van der Waals surface area contributed by atoms with Crippen molar-refractivity contribution in [3.05, 3.63) is 51.8 Å². The van der Waals surface area contributed by atoms with Gasteiger partial charge in [0.25, 0.3) is 5.91 Å². The molecule has 2 heterocycles. The van der Waals surface area contributed by atoms with Gasteiger partial charge in [-0.05, 0) is 50.3 Å². The zero-order chi connectivity index (χ0) is 17.6. The van der Waals surface area contributed by atoms with Crippen LogP contribution in [0.1, 0.15) is 58.9 Å². The van der Waals surface area contributed by atoms with Crippen LogP contribution >= 0.6 is 11.6 Å². The van der Waals surface area contributed by atoms with Crippen molar-refractivity contribution in [1.29, 1.82) is 0 Å². The zero-order valence-electron chi connectivity index (χ0n) is 14.3. The van der Waals surface area contributed by atoms with Crippen molar-refractivity contribution in [3.63, 3.8) is 0 Å². The molecule has 2 N–H and O–H groups in total. The maximum atomic E-state index is 13.0. The summed E-state index contributed by atoms with van der Waals surface area (Å²) >= 11 is 5.93. The van der Waals surface area contributed by atoms with Crippen LogP contribution in [0.15, 0.2) is 24.3 Å². The number of benzene rings is 1. The molecule has 1 aromatic heterocycles. The Bertz CT molecular complexity index is 788. The van der Waals surface area contributed by atoms with E-state index in [1.165, 1.54) is 0 Å². The van der Waals surface area contributed by atoms with E-state index in [0.29, 0.717) is 36.9 Å². The van der Waals surface area contributed by atoms with E-state index in [2.05, 4.69) is 10.2 Å². The van der Waals surface area contributed by atoms with Gasteiger partial charge in [0.05, 0.1) is 16.9 Å². The smallest absolute Gasteiger partial charge is 0.257 e. The minimum absolute atomic E-state index is 0.0336. The van der Waals surface area contributed by atoms with Crippen molar-refractivity contribution in [2.75, 3.05) is 13.1 Å². The summed E-state index contributed by atoms with van der Waals surface area (Å²) in [6, 6.07) is 7.32. The summed E-state index contributed by atoms with van der Waals surface area (Å²) in [5.74, 6) is 0.464. The van der Waals surface area contributed by atoms with Gasteiger partial charge in [-0.2, -0.15) is 5.10 Å². The maximum absolute atomic E-state index is 13.0. The quantitative estimate of drug-likeness (QED) is 0.882. The van der Waals surface area contributed by atoms with Crippen LogP contribution in [0, 0.1) is 6.92 Å². The summed E-state index contributed by atoms with van der Waals surface area (Å²) in [6.07, 6.45) is 3.27. The molecule has 0 bridgehead atoms. The summed E-state index contributed by atoms with van der Waals surface area (Å²) in [7, 11) is 0. The number of nitrogens with zero attached hydrogens (tertiary/aromatic N) is 2. The first-order valence-corrected chi connectivity index (χ1v) is 9.18. The lowest BCUT2D eigenvalue weighted by molar-refractivity contribution is -0.0211. The molecule has 1 saturated heterocycles. The van der Waals surface area contributed by atoms with E-state index in [0.717, 1.165) is 35.4 Å². The lowest BCUT2D eigenvalue weighted by Gasteiger charge is -2.38. The minimum Gasteiger partial charge on any atom is -0.385 e. The van der Waals surface area contributed by atoms with Crippen LogP contribution in [0.5, 0.6) is 0 Å². The van der Waals surface area contributed by atoms with Crippen molar-refractivity contribution in [2.24, 2.45) is 0 Å². The number of carbonyl (C=O) groups excluding carboxylic acids is 1. The van der Waals surface area contributed by atoms with Crippen LogP contribution in [-0.2, 0) is 5.60 Å². The van der Waals surface area contributed by atoms with E-state index in [4.69, 9.17) is 11.6 Å². The molecule has 2 aromatic rings. The van der Waals surface area contributed by atoms with Gasteiger partial charge in [0.15, 0.2) is 0 Å². The predicted molar refractivity (Wildman–Crippen MR) is 95.8 cm³/mol. The average molecular weight is 360 g/mol. The summed E-state index contributed by atoms with van der Waals surface area (Å²) < 4.78 is 0. The number of hydrogen-bond acceptors (Lipinski definition) is 3. The Morgan fingerprint density at radius 2 is 1.92 bits per heavy atom. The third-order valence-corrected chi connectivity index (χ3v) is 5.66. The topological polar surface area (TPSA) is 69.2 Å². The van der Waals surface area contributed by atoms with Crippen molar-refractivity contribution in [2.45, 2.75) is 44.1 Å². The number of piperidine rings is 1. The molecule has 6 heteroatoms. The normalized spacial score (nSPS) is 19.9. The third-order valence-electron chi connectivity index (χ3n) is 5.41. The highest BCUT2D eigenvalue weighted by Crippen LogP contribution is 2.42. The Balaban J connectivity index is 1.49. The van der Waals surface area contributed by atoms with Crippen LogP contribution < -0.4 is 0 Å². The Morgan fingerprint density at radius 1 is 1.28 bits per heavy atom. The van der Waals surface area contributed by atoms with Gasteiger partial charge in [0, 0.05) is 29.7 Å². The molecule has 1 aromatic carbocycles. The maximum Gasteiger partial charge on any atom is 0.257 e. The van der Waals surface area contributed by atoms with Crippen molar-refractivity contribution < 1.29 is 9.90 Å². The molecule has 2 fully saturated rings. The van der Waals surface area contributed by atoms with Gasteiger partial charge in [-0.15, -0.1) is 0 Å². The van der Waals surface area contributed by atoms with E-state index >= 15 is 0 Å². The van der Waals surface area contributed by atoms with Crippen molar-refractivity contribution >= 4 is 17.5 Å². The SMILES string of the molecule is Cc1[nH]nc(C2CC2)c1C(=O)N1CCC(O)(c2ccc(Cl)cc2)CC1. The molecule has 2 aliphatic rings. The van der Waals surface area contributed by atoms with Crippen LogP contribution in [-0.4, -0.2) is 39.2 Å². The number of likely N-dealkylation sites (tertiary alicyclic amines) is 1. The number of nitrogens with one attached hydrogen (secondary N) is 1. The summed E-state index contributed by atoms with van der Waals surface area (Å²) in [5, 5.41) is 18.9. The van der Waals surface area contributed by atoms with Gasteiger partial charge in [-0.25, -0.2) is 0 Å². The Kier molecular flexibility index (Phi) is 4.08. The molecular weight excluding hydrogens is 338 g/mol. The van der Waals surface area contributed by atoms with Gasteiger partial charge >= 0.3 is 0 Å². The monoisotopic (exact) mass is 359 g/mol. The fourth-order valence-corrected chi connectivity index (χ4v) is 3.78. The van der Waals surface area contributed by atoms with Gasteiger partial charge in [-0.3, -0.25) is 9.89 Å². The number of rotatable bonds is 3. The van der Waals surface area contributed by atoms with Gasteiger partial charge in [-0.1, -0.05) is 23.7 Å². The number of aliphatic hydroxyl groups is 1. The van der Waals surface area contributed by atoms with Crippen LogP contribution in [0.25, 0.3) is 0 Å². The number of H-pyrrole nitrogens is 1. The molecule has 0 unspecified atom stereocenters. The fourth-order valence-electron chi connectivity index (χ4n) is 3.66. The third kappa shape index (κ3) is 3.07. The first kappa shape index (κ1) is 16.6. The van der Waals surface area contributed by atoms with E-state index in [1.54, 1.807) is 12.1 Å². The molecule has 1 aliphatic carbocycles. The molecule has 25 heavy (non-hydrogen) atoms. The highest BCUT2D eigenvalue weighted by atomic mass is 35.5. The van der Waals surface area contributed by atoms with Crippen LogP contribution in [0.2, 0.25) is 5.02 Å². The lowest BCUT2D eigenvalue weighted by Crippen LogP contribution is -2.45. The van der Waals surface area contributed by atoms with Gasteiger partial charge in [0.1, 0.15) is 0 Å². The number of amides is 1. The summed E-state index contributed by atoms with van der Waals surface area (Å²) in [5.41, 5.74) is 2.46. The highest BCUT2D eigenvalue weighted by molar-refractivity contribution is 6.30. The Morgan fingerprint density at radius 3 is 2.52 bits per heavy atom. The first-order chi connectivity index (χ1) is 12.0. The molecular formula is C19H22ClN3O2. The largest absolute Gasteiger partial charge is 0.385 e. The lowest BCUT2D eigenvalue weighted by atomic mass is 9.84. The van der Waals surface area contributed by atoms with Gasteiger partial charge < -0.3 is 10.0 Å². The molecule has 1 saturated carbocycles. The van der Waals surface area contributed by atoms with Crippen molar-refractivity contribution in [3.8, 4) is 0 Å². The van der Waals surface area contributed by atoms with Gasteiger partial charge in [0.2, 0.25) is 0 Å². The highest BCUT2D eigenvalue weighted by Gasteiger charge is 2.38. The fraction of sp³-hybridized carbons (Fsp3) is 0.474. The Labute approximate surface area is 152 Å². The van der Waals surface area contributed by atoms with E-state index in [-0.39, 0.29) is 5.91 Å². The zero-order valence-corrected chi connectivity index (χ0v) is 15.0. The minimum atomic E-state index is -0.897. The van der Waals surface area contributed by atoms with Crippen LogP contribution in [0.3, 0.4) is 0 Å². The second-order valence-corrected chi connectivity index (χ2v) is 7.65. The molecule has 0 atom stereocenters. The second-order valence-electron chi connectivity index (χ2n) is 7.21. The Hall–Kier alpha value is -1.85. The molecule has 0 radical (unpaired) electrons. The number of halogens is 1. The summed E-state index contributed by atoms with van der Waals surface area (Å²) in [6.45, 7) is 2.97. The van der Waals surface area contributed by atoms with E-state index < -0.39 is 5.60 Å². The standard InChI is InChI=1S/C19H22ClN3O2/c1-12-16(17(22-21-12)13-2-3-13)18(24)23-10-8-19(25,9-11-23)14-4-6-15(20)7-5-14/h4-7,13,25H,2-3,8-11H2,1H3,(H,21,22). The van der Waals surface area contributed by atoms with E-state index in [9.17, 15) is 9.90 Å². The predicted octanol–water partition coefficient (Wildman–Crippen LogP) is 3.37. The van der Waals surface area contributed by atoms with Crippen LogP contribution in [0.4, 0.5) is 0 Å². The molecule has 132 valence electrons. The number of hydrogen-bond donors (Lipinski definition) is 2. The molecule has 1 amide bonds. The number of carbonyl (C=O) groups is 1. The van der Waals surface area contributed by atoms with E-state index in [1.807, 2.05) is 24.0 Å². The number of aromatic amines is 1. The number of aromatic nitrogens is 2. The first-order valence-electron chi connectivity index (χ1n) is 8.80. The second kappa shape index (κ2) is 6.15.